The highest BCUT2D eigenvalue weighted by Crippen LogP contribution is 2.40. The van der Waals surface area contributed by atoms with Crippen molar-refractivity contribution in [2.45, 2.75) is 70.1 Å². The molecule has 5 nitrogen and oxygen atoms in total. The number of hydrogen-bond acceptors (Lipinski definition) is 4. The third-order valence-electron chi connectivity index (χ3n) is 7.59. The maximum atomic E-state index is 14.2. The fraction of sp³-hybridized carbons (Fsp3) is 0.864. The van der Waals surface area contributed by atoms with Gasteiger partial charge in [-0.3, -0.25) is 24.2 Å². The first-order chi connectivity index (χ1) is 13.9. The predicted molar refractivity (Wildman–Crippen MR) is 103 cm³/mol. The summed E-state index contributed by atoms with van der Waals surface area (Å²) in [5, 5.41) is 0. The summed E-state index contributed by atoms with van der Waals surface area (Å²) < 4.78 is 27.5. The highest BCUT2D eigenvalue weighted by molar-refractivity contribution is 6.05. The number of ketones is 1. The Kier molecular flexibility index (Phi) is 6.32. The summed E-state index contributed by atoms with van der Waals surface area (Å²) in [7, 11) is 0. The van der Waals surface area contributed by atoms with E-state index >= 15 is 0 Å². The van der Waals surface area contributed by atoms with Crippen molar-refractivity contribution in [2.24, 2.45) is 23.7 Å². The van der Waals surface area contributed by atoms with Gasteiger partial charge in [-0.1, -0.05) is 0 Å². The summed E-state index contributed by atoms with van der Waals surface area (Å²) in [5.74, 6) is -1.27. The van der Waals surface area contributed by atoms with Crippen LogP contribution in [0, 0.1) is 23.7 Å². The Bertz CT molecular complexity index is 642. The molecular formula is C22H32F2N2O3. The van der Waals surface area contributed by atoms with E-state index in [-0.39, 0.29) is 29.4 Å². The molecule has 0 aromatic carbocycles. The predicted octanol–water partition coefficient (Wildman–Crippen LogP) is 2.92. The third-order valence-corrected chi connectivity index (χ3v) is 7.59. The van der Waals surface area contributed by atoms with Crippen molar-refractivity contribution in [2.75, 3.05) is 26.2 Å². The Labute approximate surface area is 171 Å². The van der Waals surface area contributed by atoms with Gasteiger partial charge in [-0.2, -0.15) is 0 Å². The van der Waals surface area contributed by atoms with Crippen LogP contribution < -0.4 is 0 Å². The highest BCUT2D eigenvalue weighted by Gasteiger charge is 2.52. The minimum atomic E-state index is -1.18. The molecule has 162 valence electrons. The van der Waals surface area contributed by atoms with Crippen LogP contribution in [0.2, 0.25) is 0 Å². The Balaban J connectivity index is 1.24. The van der Waals surface area contributed by atoms with E-state index in [1.165, 1.54) is 4.90 Å². The Morgan fingerprint density at radius 2 is 1.59 bits per heavy atom. The van der Waals surface area contributed by atoms with Gasteiger partial charge in [-0.15, -0.1) is 0 Å². The maximum absolute atomic E-state index is 14.2. The Morgan fingerprint density at radius 1 is 0.897 bits per heavy atom. The highest BCUT2D eigenvalue weighted by atomic mass is 19.1. The van der Waals surface area contributed by atoms with E-state index in [0.29, 0.717) is 58.0 Å². The van der Waals surface area contributed by atoms with Gasteiger partial charge in [0.15, 0.2) is 0 Å². The number of fused-ring (bicyclic) bond motifs is 1. The van der Waals surface area contributed by atoms with E-state index in [9.17, 15) is 23.2 Å². The van der Waals surface area contributed by atoms with Crippen LogP contribution in [0.5, 0.6) is 0 Å². The molecule has 7 heteroatoms. The largest absolute Gasteiger partial charge is 0.298 e. The zero-order chi connectivity index (χ0) is 20.5. The molecule has 0 bridgehead atoms. The van der Waals surface area contributed by atoms with Crippen LogP contribution in [0.1, 0.15) is 57.8 Å². The molecule has 4 aliphatic rings. The molecule has 0 N–H and O–H groups in total. The van der Waals surface area contributed by atoms with Gasteiger partial charge < -0.3 is 0 Å². The van der Waals surface area contributed by atoms with Gasteiger partial charge in [0.1, 0.15) is 18.1 Å². The van der Waals surface area contributed by atoms with E-state index < -0.39 is 24.2 Å². The van der Waals surface area contributed by atoms with Gasteiger partial charge in [0, 0.05) is 12.5 Å². The molecule has 2 saturated carbocycles. The number of carbonyl (C=O) groups excluding carboxylic acids is 3. The summed E-state index contributed by atoms with van der Waals surface area (Å²) in [6, 6.07) is 0. The number of piperidine rings is 1. The molecule has 2 amide bonds. The molecule has 2 aliphatic carbocycles. The fourth-order valence-electron chi connectivity index (χ4n) is 5.73. The molecule has 3 atom stereocenters. The first-order valence-electron chi connectivity index (χ1n) is 11.3. The molecule has 3 unspecified atom stereocenters. The second-order valence-corrected chi connectivity index (χ2v) is 9.50. The van der Waals surface area contributed by atoms with Gasteiger partial charge in [0.2, 0.25) is 11.8 Å². The zero-order valence-corrected chi connectivity index (χ0v) is 17.0. The van der Waals surface area contributed by atoms with Crippen LogP contribution in [0.3, 0.4) is 0 Å². The molecular weight excluding hydrogens is 378 g/mol. The van der Waals surface area contributed by atoms with Gasteiger partial charge in [-0.05, 0) is 76.8 Å². The summed E-state index contributed by atoms with van der Waals surface area (Å²) in [4.78, 5) is 41.2. The van der Waals surface area contributed by atoms with Gasteiger partial charge in [0.25, 0.3) is 0 Å². The topological polar surface area (TPSA) is 57.7 Å². The SMILES string of the molecule is O=C(CN1CCC(CN2C(=O)C3CCCC(F)C3C2=O)CC1)C1CCC(F)CC1. The van der Waals surface area contributed by atoms with Crippen LogP contribution in [-0.4, -0.2) is 65.9 Å². The van der Waals surface area contributed by atoms with Crippen molar-refractivity contribution in [1.29, 1.82) is 0 Å². The van der Waals surface area contributed by atoms with Crippen LogP contribution >= 0.6 is 0 Å². The number of hydrogen-bond donors (Lipinski definition) is 0. The zero-order valence-electron chi connectivity index (χ0n) is 17.0. The smallest absolute Gasteiger partial charge is 0.236 e. The van der Waals surface area contributed by atoms with Crippen molar-refractivity contribution in [3.05, 3.63) is 0 Å². The van der Waals surface area contributed by atoms with E-state index in [4.69, 9.17) is 0 Å². The molecule has 2 heterocycles. The number of nitrogens with zero attached hydrogens (tertiary/aromatic N) is 2. The Morgan fingerprint density at radius 3 is 2.24 bits per heavy atom. The monoisotopic (exact) mass is 410 g/mol. The summed E-state index contributed by atoms with van der Waals surface area (Å²) in [6.45, 7) is 2.34. The molecule has 4 fully saturated rings. The third kappa shape index (κ3) is 4.39. The second kappa shape index (κ2) is 8.78. The number of carbonyl (C=O) groups is 3. The van der Waals surface area contributed by atoms with Crippen LogP contribution in [0.25, 0.3) is 0 Å². The second-order valence-electron chi connectivity index (χ2n) is 9.50. The number of rotatable bonds is 5. The molecule has 4 rings (SSSR count). The lowest BCUT2D eigenvalue weighted by atomic mass is 9.80. The van der Waals surface area contributed by atoms with E-state index in [0.717, 1.165) is 25.9 Å². The summed E-state index contributed by atoms with van der Waals surface area (Å²) >= 11 is 0. The molecule has 0 aromatic rings. The van der Waals surface area contributed by atoms with Crippen molar-refractivity contribution in [3.8, 4) is 0 Å². The minimum Gasteiger partial charge on any atom is -0.298 e. The quantitative estimate of drug-likeness (QED) is 0.654. The van der Waals surface area contributed by atoms with Gasteiger partial charge in [-0.25, -0.2) is 8.78 Å². The lowest BCUT2D eigenvalue weighted by Crippen LogP contribution is -2.43. The number of likely N-dealkylation sites (tertiary alicyclic amines) is 2. The maximum Gasteiger partial charge on any atom is 0.236 e. The normalized spacial score (nSPS) is 37.0. The van der Waals surface area contributed by atoms with Gasteiger partial charge in [0.05, 0.1) is 18.4 Å². The van der Waals surface area contributed by atoms with Crippen molar-refractivity contribution >= 4 is 17.6 Å². The number of imide groups is 1. The minimum absolute atomic E-state index is 0.00319. The van der Waals surface area contributed by atoms with E-state index in [1.54, 1.807) is 0 Å². The fourth-order valence-corrected chi connectivity index (χ4v) is 5.73. The molecule has 2 aliphatic heterocycles. The van der Waals surface area contributed by atoms with Crippen LogP contribution in [-0.2, 0) is 14.4 Å². The number of alkyl halides is 2. The molecule has 0 spiro atoms. The van der Waals surface area contributed by atoms with Gasteiger partial charge >= 0.3 is 0 Å². The molecule has 0 aromatic heterocycles. The standard InChI is InChI=1S/C22H32F2N2O3/c23-16-6-4-15(5-7-16)19(27)13-25-10-8-14(9-11-25)12-26-21(28)17-2-1-3-18(24)20(17)22(26)29/h14-18,20H,1-13H2. The summed E-state index contributed by atoms with van der Waals surface area (Å²) in [6.07, 6.45) is 3.72. The van der Waals surface area contributed by atoms with Crippen LogP contribution in [0.15, 0.2) is 0 Å². The van der Waals surface area contributed by atoms with Crippen molar-refractivity contribution in [3.63, 3.8) is 0 Å². The molecule has 29 heavy (non-hydrogen) atoms. The molecule has 0 radical (unpaired) electrons. The molecule has 2 saturated heterocycles. The Hall–Kier alpha value is -1.37. The van der Waals surface area contributed by atoms with E-state index in [1.807, 2.05) is 0 Å². The first kappa shape index (κ1) is 20.9. The number of halogens is 2. The first-order valence-corrected chi connectivity index (χ1v) is 11.3. The average Bonchev–Trinajstić information content (AvgIpc) is 2.95. The number of amides is 2. The van der Waals surface area contributed by atoms with E-state index in [2.05, 4.69) is 4.90 Å². The van der Waals surface area contributed by atoms with Crippen molar-refractivity contribution < 1.29 is 23.2 Å². The number of Topliss-reactive ketones (excluding diaryl/α,β-unsaturated/α-hetero) is 1. The average molecular weight is 411 g/mol. The van der Waals surface area contributed by atoms with Crippen molar-refractivity contribution in [1.82, 2.24) is 9.80 Å². The lowest BCUT2D eigenvalue weighted by Gasteiger charge is -2.34. The lowest BCUT2D eigenvalue weighted by molar-refractivity contribution is -0.141. The summed E-state index contributed by atoms with van der Waals surface area (Å²) in [5.41, 5.74) is 0. The van der Waals surface area contributed by atoms with Crippen LogP contribution in [0.4, 0.5) is 8.78 Å².